The Morgan fingerprint density at radius 1 is 1.50 bits per heavy atom. The number of esters is 1. The Hall–Kier alpha value is -2.22. The number of rotatable bonds is 3. The molecule has 16 heavy (non-hydrogen) atoms. The monoisotopic (exact) mass is 219 g/mol. The number of nitrogens with two attached hydrogens (primary N) is 2. The quantitative estimate of drug-likeness (QED) is 0.579. The summed E-state index contributed by atoms with van der Waals surface area (Å²) in [6.45, 7) is 2.02. The Balaban J connectivity index is 3.04. The molecule has 1 aromatic carbocycles. The van der Waals surface area contributed by atoms with Crippen molar-refractivity contribution in [1.29, 1.82) is 5.26 Å². The number of benzene rings is 1. The molecule has 0 atom stereocenters. The first-order valence-electron chi connectivity index (χ1n) is 4.82. The van der Waals surface area contributed by atoms with Crippen LogP contribution in [0.3, 0.4) is 0 Å². The first kappa shape index (κ1) is 11.9. The summed E-state index contributed by atoms with van der Waals surface area (Å²) in [5, 5.41) is 8.91. The van der Waals surface area contributed by atoms with Crippen molar-refractivity contribution in [3.05, 3.63) is 23.3 Å². The lowest BCUT2D eigenvalue weighted by atomic mass is 10.0. The molecule has 0 amide bonds. The molecule has 5 nitrogen and oxygen atoms in total. The molecule has 0 aliphatic rings. The highest BCUT2D eigenvalue weighted by Crippen LogP contribution is 2.21. The smallest absolute Gasteiger partial charge is 0.310 e. The predicted octanol–water partition coefficient (Wildman–Crippen LogP) is 0.828. The molecule has 0 unspecified atom stereocenters. The number of hydrogen-bond acceptors (Lipinski definition) is 5. The lowest BCUT2D eigenvalue weighted by molar-refractivity contribution is -0.142. The van der Waals surface area contributed by atoms with Crippen molar-refractivity contribution in [2.45, 2.75) is 13.3 Å². The SMILES string of the molecule is CCOC(=O)Cc1cc(N)cc(N)c1C#N. The van der Waals surface area contributed by atoms with E-state index in [4.69, 9.17) is 21.5 Å². The van der Waals surface area contributed by atoms with Gasteiger partial charge < -0.3 is 16.2 Å². The summed E-state index contributed by atoms with van der Waals surface area (Å²) in [6, 6.07) is 5.00. The third kappa shape index (κ3) is 2.64. The molecule has 4 N–H and O–H groups in total. The van der Waals surface area contributed by atoms with Crippen LogP contribution in [0.15, 0.2) is 12.1 Å². The van der Waals surface area contributed by atoms with Crippen LogP contribution in [-0.2, 0) is 16.0 Å². The van der Waals surface area contributed by atoms with Crippen LogP contribution >= 0.6 is 0 Å². The number of ether oxygens (including phenoxy) is 1. The average Bonchev–Trinajstić information content (AvgIpc) is 2.17. The maximum Gasteiger partial charge on any atom is 0.310 e. The maximum atomic E-state index is 11.3. The zero-order valence-electron chi connectivity index (χ0n) is 8.99. The summed E-state index contributed by atoms with van der Waals surface area (Å²) in [6.07, 6.45) is 0.00593. The molecule has 0 aromatic heterocycles. The Labute approximate surface area is 93.6 Å². The van der Waals surface area contributed by atoms with Gasteiger partial charge in [-0.3, -0.25) is 4.79 Å². The Kier molecular flexibility index (Phi) is 3.72. The van der Waals surface area contributed by atoms with Gasteiger partial charge in [0.15, 0.2) is 0 Å². The van der Waals surface area contributed by atoms with E-state index in [1.54, 1.807) is 13.0 Å². The fourth-order valence-electron chi connectivity index (χ4n) is 1.40. The largest absolute Gasteiger partial charge is 0.466 e. The van der Waals surface area contributed by atoms with Gasteiger partial charge in [0.1, 0.15) is 6.07 Å². The van der Waals surface area contributed by atoms with Gasteiger partial charge in [-0.05, 0) is 24.6 Å². The Bertz CT molecular complexity index is 449. The molecule has 1 aromatic rings. The van der Waals surface area contributed by atoms with Gasteiger partial charge in [0.25, 0.3) is 0 Å². The Morgan fingerprint density at radius 3 is 2.75 bits per heavy atom. The van der Waals surface area contributed by atoms with Gasteiger partial charge >= 0.3 is 5.97 Å². The van der Waals surface area contributed by atoms with Crippen molar-refractivity contribution < 1.29 is 9.53 Å². The van der Waals surface area contributed by atoms with E-state index in [9.17, 15) is 4.79 Å². The normalized spacial score (nSPS) is 9.50. The molecule has 0 aliphatic carbocycles. The van der Waals surface area contributed by atoms with Crippen LogP contribution in [0.5, 0.6) is 0 Å². The van der Waals surface area contributed by atoms with E-state index in [-0.39, 0.29) is 17.7 Å². The molecule has 0 fully saturated rings. The average molecular weight is 219 g/mol. The second-order valence-corrected chi connectivity index (χ2v) is 3.24. The second kappa shape index (κ2) is 5.03. The van der Waals surface area contributed by atoms with Gasteiger partial charge in [-0.2, -0.15) is 5.26 Å². The van der Waals surface area contributed by atoms with Gasteiger partial charge in [0.2, 0.25) is 0 Å². The summed E-state index contributed by atoms with van der Waals surface area (Å²) < 4.78 is 4.80. The fraction of sp³-hybridized carbons (Fsp3) is 0.273. The highest BCUT2D eigenvalue weighted by Gasteiger charge is 2.12. The standard InChI is InChI=1S/C11H13N3O2/c1-2-16-11(15)4-7-3-8(13)5-10(14)9(7)6-12/h3,5H,2,4,13-14H2,1H3. The molecule has 0 aliphatic heterocycles. The lowest BCUT2D eigenvalue weighted by Crippen LogP contribution is -2.10. The van der Waals surface area contributed by atoms with E-state index < -0.39 is 5.97 Å². The molecule has 0 heterocycles. The van der Waals surface area contributed by atoms with Crippen molar-refractivity contribution in [2.75, 3.05) is 18.1 Å². The van der Waals surface area contributed by atoms with Gasteiger partial charge in [0.05, 0.1) is 24.3 Å². The summed E-state index contributed by atoms with van der Waals surface area (Å²) >= 11 is 0. The molecular formula is C11H13N3O2. The molecule has 1 rings (SSSR count). The number of anilines is 2. The van der Waals surface area contributed by atoms with Crippen LogP contribution in [0.1, 0.15) is 18.1 Å². The predicted molar refractivity (Wildman–Crippen MR) is 60.3 cm³/mol. The van der Waals surface area contributed by atoms with Crippen LogP contribution in [0.2, 0.25) is 0 Å². The summed E-state index contributed by atoms with van der Waals surface area (Å²) in [5.41, 5.74) is 12.7. The number of carbonyl (C=O) groups is 1. The molecule has 5 heteroatoms. The molecule has 0 bridgehead atoms. The third-order valence-electron chi connectivity index (χ3n) is 2.02. The van der Waals surface area contributed by atoms with Crippen LogP contribution < -0.4 is 11.5 Å². The first-order chi connectivity index (χ1) is 7.58. The van der Waals surface area contributed by atoms with E-state index in [2.05, 4.69) is 0 Å². The maximum absolute atomic E-state index is 11.3. The van der Waals surface area contributed by atoms with Crippen molar-refractivity contribution in [3.8, 4) is 6.07 Å². The van der Waals surface area contributed by atoms with Crippen LogP contribution in [0.25, 0.3) is 0 Å². The van der Waals surface area contributed by atoms with Crippen molar-refractivity contribution in [3.63, 3.8) is 0 Å². The molecule has 0 radical (unpaired) electrons. The Morgan fingerprint density at radius 2 is 2.19 bits per heavy atom. The minimum absolute atomic E-state index is 0.00593. The second-order valence-electron chi connectivity index (χ2n) is 3.24. The van der Waals surface area contributed by atoms with Crippen LogP contribution in [0, 0.1) is 11.3 Å². The first-order valence-corrected chi connectivity index (χ1v) is 4.82. The highest BCUT2D eigenvalue weighted by atomic mass is 16.5. The van der Waals surface area contributed by atoms with Gasteiger partial charge in [0, 0.05) is 5.69 Å². The number of nitriles is 1. The van der Waals surface area contributed by atoms with Crippen LogP contribution in [-0.4, -0.2) is 12.6 Å². The summed E-state index contributed by atoms with van der Waals surface area (Å²) in [5.74, 6) is -0.399. The van der Waals surface area contributed by atoms with Crippen molar-refractivity contribution in [2.24, 2.45) is 0 Å². The number of carbonyl (C=O) groups excluding carboxylic acids is 1. The van der Waals surface area contributed by atoms with Gasteiger partial charge in [-0.25, -0.2) is 0 Å². The number of hydrogen-bond donors (Lipinski definition) is 2. The lowest BCUT2D eigenvalue weighted by Gasteiger charge is -2.07. The zero-order chi connectivity index (χ0) is 12.1. The minimum atomic E-state index is -0.399. The van der Waals surface area contributed by atoms with E-state index in [1.807, 2.05) is 6.07 Å². The van der Waals surface area contributed by atoms with E-state index in [0.29, 0.717) is 17.9 Å². The molecule has 0 saturated heterocycles. The van der Waals surface area contributed by atoms with Crippen molar-refractivity contribution in [1.82, 2.24) is 0 Å². The zero-order valence-corrected chi connectivity index (χ0v) is 8.99. The van der Waals surface area contributed by atoms with E-state index >= 15 is 0 Å². The third-order valence-corrected chi connectivity index (χ3v) is 2.02. The topological polar surface area (TPSA) is 102 Å². The summed E-state index contributed by atoms with van der Waals surface area (Å²) in [4.78, 5) is 11.3. The number of nitrogen functional groups attached to an aromatic ring is 2. The highest BCUT2D eigenvalue weighted by molar-refractivity contribution is 5.76. The minimum Gasteiger partial charge on any atom is -0.466 e. The molecular weight excluding hydrogens is 206 g/mol. The van der Waals surface area contributed by atoms with E-state index in [1.165, 1.54) is 6.07 Å². The molecule has 0 saturated carbocycles. The molecule has 0 spiro atoms. The fourth-order valence-corrected chi connectivity index (χ4v) is 1.40. The van der Waals surface area contributed by atoms with Gasteiger partial charge in [-0.1, -0.05) is 0 Å². The van der Waals surface area contributed by atoms with Gasteiger partial charge in [-0.15, -0.1) is 0 Å². The summed E-state index contributed by atoms with van der Waals surface area (Å²) in [7, 11) is 0. The number of nitrogens with zero attached hydrogens (tertiary/aromatic N) is 1. The van der Waals surface area contributed by atoms with Crippen LogP contribution in [0.4, 0.5) is 11.4 Å². The van der Waals surface area contributed by atoms with E-state index in [0.717, 1.165) is 0 Å². The molecule has 84 valence electrons. The van der Waals surface area contributed by atoms with Crippen molar-refractivity contribution >= 4 is 17.3 Å².